The number of nitrogens with zero attached hydrogens (tertiary/aromatic N) is 2. The summed E-state index contributed by atoms with van der Waals surface area (Å²) in [7, 11) is 0. The number of rotatable bonds is 7. The van der Waals surface area contributed by atoms with Crippen molar-refractivity contribution in [3.8, 4) is 11.3 Å². The molecule has 2 aromatic rings. The third-order valence-electron chi connectivity index (χ3n) is 4.06. The zero-order chi connectivity index (χ0) is 13.8. The second-order valence-corrected chi connectivity index (χ2v) is 5.56. The van der Waals surface area contributed by atoms with Gasteiger partial charge < -0.3 is 10.4 Å². The van der Waals surface area contributed by atoms with E-state index in [1.807, 2.05) is 30.3 Å². The van der Waals surface area contributed by atoms with Gasteiger partial charge in [-0.05, 0) is 24.7 Å². The Morgan fingerprint density at radius 1 is 1.20 bits per heavy atom. The highest BCUT2D eigenvalue weighted by Crippen LogP contribution is 2.47. The molecule has 0 aliphatic heterocycles. The van der Waals surface area contributed by atoms with Crippen molar-refractivity contribution in [2.45, 2.75) is 25.8 Å². The highest BCUT2D eigenvalue weighted by molar-refractivity contribution is 5.60. The molecule has 0 saturated heterocycles. The average molecular weight is 272 g/mol. The summed E-state index contributed by atoms with van der Waals surface area (Å²) < 4.78 is 0. The Kier molecular flexibility index (Phi) is 3.80. The van der Waals surface area contributed by atoms with Gasteiger partial charge in [-0.2, -0.15) is 15.4 Å². The topological polar surface area (TPSA) is 73.8 Å². The quantitative estimate of drug-likeness (QED) is 0.717. The van der Waals surface area contributed by atoms with Crippen LogP contribution in [0.3, 0.4) is 0 Å². The zero-order valence-electron chi connectivity index (χ0n) is 11.5. The minimum Gasteiger partial charge on any atom is -0.396 e. The molecule has 0 spiro atoms. The third-order valence-corrected chi connectivity index (χ3v) is 4.06. The van der Waals surface area contributed by atoms with E-state index in [9.17, 15) is 0 Å². The Morgan fingerprint density at radius 2 is 2.00 bits per heavy atom. The van der Waals surface area contributed by atoms with Gasteiger partial charge in [-0.1, -0.05) is 30.3 Å². The van der Waals surface area contributed by atoms with Gasteiger partial charge in [0.1, 0.15) is 11.4 Å². The van der Waals surface area contributed by atoms with Crippen molar-refractivity contribution >= 4 is 0 Å². The molecule has 1 heterocycles. The van der Waals surface area contributed by atoms with Gasteiger partial charge in [0.2, 0.25) is 0 Å². The number of benzene rings is 1. The fourth-order valence-electron chi connectivity index (χ4n) is 2.58. The summed E-state index contributed by atoms with van der Waals surface area (Å²) in [5.41, 5.74) is 3.25. The van der Waals surface area contributed by atoms with Crippen LogP contribution in [0.15, 0.2) is 30.3 Å². The molecule has 5 nitrogen and oxygen atoms in total. The van der Waals surface area contributed by atoms with Crippen LogP contribution in [0.25, 0.3) is 11.3 Å². The summed E-state index contributed by atoms with van der Waals surface area (Å²) in [6.07, 6.45) is 3.32. The van der Waals surface area contributed by atoms with Crippen molar-refractivity contribution in [2.24, 2.45) is 5.41 Å². The molecule has 0 radical (unpaired) electrons. The smallest absolute Gasteiger partial charge is 0.117 e. The second-order valence-electron chi connectivity index (χ2n) is 5.56. The van der Waals surface area contributed by atoms with E-state index in [0.717, 1.165) is 29.9 Å². The number of hydrogen-bond acceptors (Lipinski definition) is 4. The van der Waals surface area contributed by atoms with Gasteiger partial charge in [0.15, 0.2) is 0 Å². The van der Waals surface area contributed by atoms with Crippen molar-refractivity contribution in [1.82, 2.24) is 20.7 Å². The first-order valence-corrected chi connectivity index (χ1v) is 7.10. The number of hydrogen-bond donors (Lipinski definition) is 3. The van der Waals surface area contributed by atoms with Crippen LogP contribution in [0.4, 0.5) is 0 Å². The monoisotopic (exact) mass is 272 g/mol. The van der Waals surface area contributed by atoms with Gasteiger partial charge in [0.05, 0.1) is 0 Å². The van der Waals surface area contributed by atoms with Crippen molar-refractivity contribution in [3.63, 3.8) is 0 Å². The molecule has 1 aromatic carbocycles. The highest BCUT2D eigenvalue weighted by atomic mass is 16.3. The van der Waals surface area contributed by atoms with E-state index < -0.39 is 0 Å². The van der Waals surface area contributed by atoms with E-state index in [0.29, 0.717) is 12.0 Å². The maximum atomic E-state index is 9.06. The fraction of sp³-hybridized carbons (Fsp3) is 0.467. The zero-order valence-corrected chi connectivity index (χ0v) is 11.5. The van der Waals surface area contributed by atoms with Gasteiger partial charge in [-0.25, -0.2) is 0 Å². The highest BCUT2D eigenvalue weighted by Gasteiger charge is 2.41. The molecule has 106 valence electrons. The van der Waals surface area contributed by atoms with Gasteiger partial charge in [0, 0.05) is 25.3 Å². The number of aromatic nitrogens is 3. The molecule has 1 saturated carbocycles. The Hall–Kier alpha value is -1.72. The standard InChI is InChI=1S/C15H20N4O/c20-9-8-15(6-7-15)11-16-10-13-14(18-19-17-13)12-4-2-1-3-5-12/h1-5,16,20H,6-11H2,(H,17,18,19). The van der Waals surface area contributed by atoms with E-state index in [-0.39, 0.29) is 6.61 Å². The van der Waals surface area contributed by atoms with Crippen LogP contribution in [0.2, 0.25) is 0 Å². The summed E-state index contributed by atoms with van der Waals surface area (Å²) in [5, 5.41) is 23.7. The lowest BCUT2D eigenvalue weighted by atomic mass is 10.0. The van der Waals surface area contributed by atoms with Crippen LogP contribution in [-0.2, 0) is 6.54 Å². The molecule has 3 N–H and O–H groups in total. The summed E-state index contributed by atoms with van der Waals surface area (Å²) in [5.74, 6) is 0. The van der Waals surface area contributed by atoms with Gasteiger partial charge in [-0.3, -0.25) is 0 Å². The van der Waals surface area contributed by atoms with E-state index in [2.05, 4.69) is 20.7 Å². The molecule has 0 atom stereocenters. The van der Waals surface area contributed by atoms with Crippen molar-refractivity contribution < 1.29 is 5.11 Å². The van der Waals surface area contributed by atoms with Crippen molar-refractivity contribution in [2.75, 3.05) is 13.2 Å². The number of nitrogens with one attached hydrogen (secondary N) is 2. The van der Waals surface area contributed by atoms with Gasteiger partial charge in [-0.15, -0.1) is 0 Å². The Morgan fingerprint density at radius 3 is 2.70 bits per heavy atom. The Balaban J connectivity index is 1.60. The van der Waals surface area contributed by atoms with E-state index >= 15 is 0 Å². The van der Waals surface area contributed by atoms with E-state index in [1.165, 1.54) is 12.8 Å². The fourth-order valence-corrected chi connectivity index (χ4v) is 2.58. The van der Waals surface area contributed by atoms with Crippen molar-refractivity contribution in [1.29, 1.82) is 0 Å². The second kappa shape index (κ2) is 5.73. The molecule has 20 heavy (non-hydrogen) atoms. The lowest BCUT2D eigenvalue weighted by Gasteiger charge is -2.13. The molecule has 3 rings (SSSR count). The first kappa shape index (κ1) is 13.3. The number of aliphatic hydroxyl groups is 1. The molecule has 1 aliphatic carbocycles. The molecule has 5 heteroatoms. The first-order valence-electron chi connectivity index (χ1n) is 7.10. The normalized spacial score (nSPS) is 16.2. The van der Waals surface area contributed by atoms with E-state index in [4.69, 9.17) is 5.11 Å². The van der Waals surface area contributed by atoms with Crippen molar-refractivity contribution in [3.05, 3.63) is 36.0 Å². The van der Waals surface area contributed by atoms with Crippen LogP contribution in [-0.4, -0.2) is 33.7 Å². The van der Waals surface area contributed by atoms with Crippen LogP contribution >= 0.6 is 0 Å². The average Bonchev–Trinajstić information content (AvgIpc) is 3.08. The molecule has 1 aliphatic rings. The van der Waals surface area contributed by atoms with Gasteiger partial charge >= 0.3 is 0 Å². The number of aromatic amines is 1. The molecular weight excluding hydrogens is 252 g/mol. The summed E-state index contributed by atoms with van der Waals surface area (Å²) in [4.78, 5) is 0. The molecule has 0 unspecified atom stereocenters. The van der Waals surface area contributed by atoms with Crippen LogP contribution < -0.4 is 5.32 Å². The predicted octanol–water partition coefficient (Wildman–Crippen LogP) is 1.72. The summed E-state index contributed by atoms with van der Waals surface area (Å²) >= 11 is 0. The summed E-state index contributed by atoms with van der Waals surface area (Å²) in [6, 6.07) is 10.1. The minimum absolute atomic E-state index is 0.279. The number of H-pyrrole nitrogens is 1. The minimum atomic E-state index is 0.279. The third kappa shape index (κ3) is 2.89. The lowest BCUT2D eigenvalue weighted by Crippen LogP contribution is -2.24. The maximum absolute atomic E-state index is 9.06. The molecule has 1 fully saturated rings. The molecular formula is C15H20N4O. The molecule has 1 aromatic heterocycles. The van der Waals surface area contributed by atoms with Crippen LogP contribution in [0.5, 0.6) is 0 Å². The molecule has 0 amide bonds. The van der Waals surface area contributed by atoms with Crippen LogP contribution in [0, 0.1) is 5.41 Å². The largest absolute Gasteiger partial charge is 0.396 e. The van der Waals surface area contributed by atoms with E-state index in [1.54, 1.807) is 0 Å². The number of aliphatic hydroxyl groups excluding tert-OH is 1. The summed E-state index contributed by atoms with van der Waals surface area (Å²) in [6.45, 7) is 1.92. The van der Waals surface area contributed by atoms with Crippen LogP contribution in [0.1, 0.15) is 25.0 Å². The first-order chi connectivity index (χ1) is 9.83. The molecule has 0 bridgehead atoms. The lowest BCUT2D eigenvalue weighted by molar-refractivity contribution is 0.245. The Bertz CT molecular complexity index is 548. The SMILES string of the molecule is OCCC1(CNCc2n[nH]nc2-c2ccccc2)CC1. The maximum Gasteiger partial charge on any atom is 0.117 e. The predicted molar refractivity (Wildman–Crippen MR) is 76.9 cm³/mol. The van der Waals surface area contributed by atoms with Gasteiger partial charge in [0.25, 0.3) is 0 Å². The Labute approximate surface area is 118 Å².